The van der Waals surface area contributed by atoms with Crippen molar-refractivity contribution in [2.75, 3.05) is 51.3 Å². The minimum Gasteiger partial charge on any atom is -0.508 e. The Balaban J connectivity index is 1.21. The van der Waals surface area contributed by atoms with Gasteiger partial charge in [0, 0.05) is 79.2 Å². The number of rotatable bonds is 8. The third kappa shape index (κ3) is 5.02. The average Bonchev–Trinajstić information content (AvgIpc) is 3.72. The summed E-state index contributed by atoms with van der Waals surface area (Å²) in [5.74, 6) is 1.34. The van der Waals surface area contributed by atoms with Crippen LogP contribution in [-0.2, 0) is 4.74 Å². The van der Waals surface area contributed by atoms with Crippen LogP contribution in [0.1, 0.15) is 38.2 Å². The minimum atomic E-state index is -0.846. The summed E-state index contributed by atoms with van der Waals surface area (Å²) in [5, 5.41) is 15.5. The standard InChI is InChI=1S/C36H37F2N5O3/c1-4-21-6-5-7-22-12-25(44)13-26(29(21)22)30-28(37)14-27-32(31(30)38)40-34(41-33(27)43-15-23-8-9-24(16-43)39-23)46-20-36(10-11-36)19-42-17-35(2,18-42)45-3/h1,5-7,12-14,23-24,39,44H,8-11,15-20H2,2-3H3. The summed E-state index contributed by atoms with van der Waals surface area (Å²) in [6.07, 6.45) is 9.94. The number of phenols is 1. The second-order valence-electron chi connectivity index (χ2n) is 13.9. The van der Waals surface area contributed by atoms with Gasteiger partial charge in [0.15, 0.2) is 5.82 Å². The second-order valence-corrected chi connectivity index (χ2v) is 13.9. The summed E-state index contributed by atoms with van der Waals surface area (Å²) < 4.78 is 45.0. The number of aromatic hydroxyl groups is 1. The number of likely N-dealkylation sites (tertiary alicyclic amines) is 1. The summed E-state index contributed by atoms with van der Waals surface area (Å²) in [6, 6.07) is 10.1. The Labute approximate surface area is 266 Å². The molecule has 4 fully saturated rings. The SMILES string of the molecule is C#Cc1cccc2cc(O)cc(-c3c(F)cc4c(N5CC6CCC(C5)N6)nc(OCC5(CN6CC(C)(OC)C6)CC5)nc4c3F)c12. The number of nitrogens with one attached hydrogen (secondary N) is 1. The van der Waals surface area contributed by atoms with Gasteiger partial charge in [-0.2, -0.15) is 9.97 Å². The molecule has 2 atom stereocenters. The number of fused-ring (bicyclic) bond motifs is 4. The van der Waals surface area contributed by atoms with Crippen LogP contribution in [0.5, 0.6) is 11.8 Å². The van der Waals surface area contributed by atoms with Crippen molar-refractivity contribution < 1.29 is 23.4 Å². The lowest BCUT2D eigenvalue weighted by Gasteiger charge is -2.48. The fraction of sp³-hybridized carbons (Fsp3) is 0.444. The fourth-order valence-electron chi connectivity index (χ4n) is 7.77. The Morgan fingerprint density at radius 1 is 1.11 bits per heavy atom. The first-order valence-electron chi connectivity index (χ1n) is 16.0. The zero-order valence-electron chi connectivity index (χ0n) is 26.1. The number of nitrogens with zero attached hydrogens (tertiary/aromatic N) is 4. The molecule has 3 aliphatic heterocycles. The Bertz CT molecular complexity index is 1900. The smallest absolute Gasteiger partial charge is 0.319 e. The highest BCUT2D eigenvalue weighted by Crippen LogP contribution is 2.48. The van der Waals surface area contributed by atoms with Gasteiger partial charge in [0.1, 0.15) is 22.9 Å². The van der Waals surface area contributed by atoms with Crippen LogP contribution in [0.2, 0.25) is 0 Å². The van der Waals surface area contributed by atoms with E-state index in [1.807, 2.05) is 0 Å². The third-order valence-electron chi connectivity index (χ3n) is 10.4. The van der Waals surface area contributed by atoms with Crippen molar-refractivity contribution >= 4 is 27.5 Å². The molecule has 4 aromatic rings. The molecule has 238 valence electrons. The van der Waals surface area contributed by atoms with Gasteiger partial charge in [-0.15, -0.1) is 6.42 Å². The Morgan fingerprint density at radius 3 is 2.57 bits per heavy atom. The molecule has 1 saturated carbocycles. The highest BCUT2D eigenvalue weighted by atomic mass is 19.1. The summed E-state index contributed by atoms with van der Waals surface area (Å²) in [7, 11) is 1.75. The lowest BCUT2D eigenvalue weighted by atomic mass is 9.93. The zero-order chi connectivity index (χ0) is 31.8. The van der Waals surface area contributed by atoms with Crippen LogP contribution in [-0.4, -0.2) is 84.1 Å². The van der Waals surface area contributed by atoms with Crippen molar-refractivity contribution in [1.29, 1.82) is 0 Å². The number of phenolic OH excluding ortho intramolecular Hbond substituents is 1. The van der Waals surface area contributed by atoms with E-state index in [0.717, 1.165) is 45.3 Å². The molecule has 2 unspecified atom stereocenters. The quantitative estimate of drug-likeness (QED) is 0.258. The number of anilines is 1. The number of ether oxygens (including phenoxy) is 2. The average molecular weight is 626 g/mol. The zero-order valence-corrected chi connectivity index (χ0v) is 26.1. The largest absolute Gasteiger partial charge is 0.508 e. The summed E-state index contributed by atoms with van der Waals surface area (Å²) in [4.78, 5) is 13.9. The predicted molar refractivity (Wildman–Crippen MR) is 173 cm³/mol. The first-order chi connectivity index (χ1) is 22.2. The fourth-order valence-corrected chi connectivity index (χ4v) is 7.77. The molecule has 2 bridgehead atoms. The molecule has 8 nitrogen and oxygen atoms in total. The van der Waals surface area contributed by atoms with Crippen LogP contribution in [0, 0.1) is 29.4 Å². The van der Waals surface area contributed by atoms with E-state index < -0.39 is 11.6 Å². The van der Waals surface area contributed by atoms with Gasteiger partial charge < -0.3 is 24.8 Å². The summed E-state index contributed by atoms with van der Waals surface area (Å²) in [5.41, 5.74) is 0.184. The molecule has 4 aliphatic rings. The van der Waals surface area contributed by atoms with Gasteiger partial charge in [0.2, 0.25) is 0 Å². The van der Waals surface area contributed by atoms with Gasteiger partial charge in [-0.3, -0.25) is 4.90 Å². The number of hydrogen-bond donors (Lipinski definition) is 2. The van der Waals surface area contributed by atoms with Gasteiger partial charge in [-0.1, -0.05) is 18.1 Å². The molecule has 46 heavy (non-hydrogen) atoms. The van der Waals surface area contributed by atoms with E-state index in [0.29, 0.717) is 41.9 Å². The van der Waals surface area contributed by atoms with Crippen molar-refractivity contribution in [2.24, 2.45) is 5.41 Å². The molecule has 1 aromatic heterocycles. The molecule has 0 amide bonds. The maximum Gasteiger partial charge on any atom is 0.319 e. The summed E-state index contributed by atoms with van der Waals surface area (Å²) in [6.45, 7) is 6.50. The minimum absolute atomic E-state index is 0.0136. The van der Waals surface area contributed by atoms with Crippen LogP contribution < -0.4 is 15.0 Å². The van der Waals surface area contributed by atoms with E-state index in [-0.39, 0.29) is 56.9 Å². The molecule has 4 heterocycles. The molecule has 2 N–H and O–H groups in total. The van der Waals surface area contributed by atoms with Crippen molar-refractivity contribution in [3.63, 3.8) is 0 Å². The van der Waals surface area contributed by atoms with Crippen molar-refractivity contribution in [3.8, 4) is 35.2 Å². The second kappa shape index (κ2) is 10.8. The first kappa shape index (κ1) is 29.4. The van der Waals surface area contributed by atoms with Crippen molar-refractivity contribution in [1.82, 2.24) is 20.2 Å². The molecule has 8 rings (SSSR count). The molecule has 0 spiro atoms. The normalized spacial score (nSPS) is 23.0. The lowest BCUT2D eigenvalue weighted by molar-refractivity contribution is -0.117. The van der Waals surface area contributed by atoms with Crippen LogP contribution in [0.25, 0.3) is 32.8 Å². The van der Waals surface area contributed by atoms with Crippen LogP contribution in [0.4, 0.5) is 14.6 Å². The first-order valence-corrected chi connectivity index (χ1v) is 16.0. The monoisotopic (exact) mass is 625 g/mol. The van der Waals surface area contributed by atoms with E-state index in [1.165, 1.54) is 18.2 Å². The Morgan fingerprint density at radius 2 is 1.87 bits per heavy atom. The van der Waals surface area contributed by atoms with E-state index in [1.54, 1.807) is 25.3 Å². The maximum atomic E-state index is 16.9. The number of hydrogen-bond acceptors (Lipinski definition) is 8. The van der Waals surface area contributed by atoms with E-state index >= 15 is 8.78 Å². The molecule has 1 aliphatic carbocycles. The lowest BCUT2D eigenvalue weighted by Crippen LogP contribution is -2.62. The number of terminal acetylenes is 1. The van der Waals surface area contributed by atoms with Crippen LogP contribution >= 0.6 is 0 Å². The molecule has 3 saturated heterocycles. The molecular weight excluding hydrogens is 588 g/mol. The molecule has 3 aromatic carbocycles. The van der Waals surface area contributed by atoms with Gasteiger partial charge in [-0.05, 0) is 62.3 Å². The molecule has 0 radical (unpaired) electrons. The van der Waals surface area contributed by atoms with Gasteiger partial charge in [-0.25, -0.2) is 8.78 Å². The number of halogens is 2. The number of aromatic nitrogens is 2. The molecule has 10 heteroatoms. The number of benzene rings is 3. The topological polar surface area (TPSA) is 83.0 Å². The highest BCUT2D eigenvalue weighted by molar-refractivity contribution is 6.04. The Hall–Kier alpha value is -4.04. The highest BCUT2D eigenvalue weighted by Gasteiger charge is 2.49. The summed E-state index contributed by atoms with van der Waals surface area (Å²) >= 11 is 0. The van der Waals surface area contributed by atoms with Crippen LogP contribution in [0.3, 0.4) is 0 Å². The van der Waals surface area contributed by atoms with Crippen molar-refractivity contribution in [3.05, 3.63) is 53.6 Å². The van der Waals surface area contributed by atoms with E-state index in [2.05, 4.69) is 32.9 Å². The van der Waals surface area contributed by atoms with Gasteiger partial charge in [0.25, 0.3) is 0 Å². The number of piperazine rings is 1. The Kier molecular flexibility index (Phi) is 6.87. The predicted octanol–water partition coefficient (Wildman–Crippen LogP) is 5.24. The van der Waals surface area contributed by atoms with E-state index in [4.69, 9.17) is 20.9 Å². The maximum absolute atomic E-state index is 16.9. The van der Waals surface area contributed by atoms with E-state index in [9.17, 15) is 5.11 Å². The van der Waals surface area contributed by atoms with Crippen LogP contribution in [0.15, 0.2) is 36.4 Å². The van der Waals surface area contributed by atoms with Crippen molar-refractivity contribution in [2.45, 2.75) is 50.3 Å². The number of methoxy groups -OCH3 is 1. The van der Waals surface area contributed by atoms with Gasteiger partial charge in [0.05, 0.1) is 17.8 Å². The van der Waals surface area contributed by atoms with Gasteiger partial charge >= 0.3 is 6.01 Å². The third-order valence-corrected chi connectivity index (χ3v) is 10.4. The molecular formula is C36H37F2N5O3.